The molecule has 0 amide bonds. The van der Waals surface area contributed by atoms with Gasteiger partial charge in [-0.15, -0.1) is 0 Å². The van der Waals surface area contributed by atoms with E-state index in [0.29, 0.717) is 22.3 Å². The Labute approximate surface area is 209 Å². The lowest BCUT2D eigenvalue weighted by atomic mass is 9.95. The molecule has 0 unspecified atom stereocenters. The first-order valence-corrected chi connectivity index (χ1v) is 10.7. The molecule has 0 aromatic heterocycles. The fourth-order valence-corrected chi connectivity index (χ4v) is 3.04. The van der Waals surface area contributed by atoms with Crippen molar-refractivity contribution in [3.8, 4) is 11.1 Å². The zero-order valence-electron chi connectivity index (χ0n) is 19.7. The Morgan fingerprint density at radius 1 is 0.556 bits per heavy atom. The van der Waals surface area contributed by atoms with Gasteiger partial charge >= 0.3 is 23.9 Å². The average Bonchev–Trinajstić information content (AvgIpc) is 2.91. The van der Waals surface area contributed by atoms with Gasteiger partial charge in [-0.25, -0.2) is 19.2 Å². The first-order chi connectivity index (χ1) is 17.3. The maximum Gasteiger partial charge on any atom is 0.330 e. The maximum absolute atomic E-state index is 11.7. The Balaban J connectivity index is 2.46. The summed E-state index contributed by atoms with van der Waals surface area (Å²) in [4.78, 5) is 46.2. The van der Waals surface area contributed by atoms with E-state index in [9.17, 15) is 19.2 Å². The van der Waals surface area contributed by atoms with Gasteiger partial charge in [-0.1, -0.05) is 50.6 Å². The molecule has 0 aliphatic carbocycles. The molecule has 186 valence electrons. The summed E-state index contributed by atoms with van der Waals surface area (Å²) in [5, 5.41) is 0. The predicted octanol–water partition coefficient (Wildman–Crippen LogP) is 4.27. The maximum atomic E-state index is 11.7. The summed E-state index contributed by atoms with van der Waals surface area (Å²) in [6, 6.07) is 10.6. The molecule has 2 aromatic carbocycles. The average molecular weight is 491 g/mol. The molecule has 0 N–H and O–H groups in total. The third-order valence-electron chi connectivity index (χ3n) is 4.84. The van der Waals surface area contributed by atoms with E-state index in [1.165, 1.54) is 0 Å². The van der Waals surface area contributed by atoms with Gasteiger partial charge in [0.05, 0.1) is 0 Å². The Morgan fingerprint density at radius 2 is 1.03 bits per heavy atom. The van der Waals surface area contributed by atoms with Gasteiger partial charge in [-0.05, 0) is 45.5 Å². The number of esters is 4. The van der Waals surface area contributed by atoms with Gasteiger partial charge < -0.3 is 18.9 Å². The zero-order chi connectivity index (χ0) is 26.5. The van der Waals surface area contributed by atoms with E-state index in [4.69, 9.17) is 18.9 Å². The smallest absolute Gasteiger partial charge is 0.330 e. The monoisotopic (exact) mass is 490 g/mol. The van der Waals surface area contributed by atoms with Crippen LogP contribution in [0.5, 0.6) is 0 Å². The molecular formula is C28H26O8. The third-order valence-corrected chi connectivity index (χ3v) is 4.84. The minimum absolute atomic E-state index is 0.00387. The highest BCUT2D eigenvalue weighted by atomic mass is 16.5. The molecule has 0 atom stereocenters. The molecule has 0 aliphatic heterocycles. The highest BCUT2D eigenvalue weighted by molar-refractivity contribution is 5.82. The Kier molecular flexibility index (Phi) is 10.6. The van der Waals surface area contributed by atoms with Crippen LogP contribution in [-0.4, -0.2) is 23.9 Å². The molecule has 0 aliphatic rings. The minimum Gasteiger partial charge on any atom is -0.458 e. The van der Waals surface area contributed by atoms with Crippen LogP contribution in [0.4, 0.5) is 0 Å². The molecule has 8 nitrogen and oxygen atoms in total. The molecule has 36 heavy (non-hydrogen) atoms. The fourth-order valence-electron chi connectivity index (χ4n) is 3.04. The Morgan fingerprint density at radius 3 is 1.56 bits per heavy atom. The number of hydrogen-bond donors (Lipinski definition) is 0. The SMILES string of the molecule is C=CC(=O)OCc1ccc(-c2ccc(COC(=O)C=C)c(COC(=O)C=C)c2)c(COC(=O)C=C)c1. The van der Waals surface area contributed by atoms with Crippen molar-refractivity contribution in [1.82, 2.24) is 0 Å². The minimum atomic E-state index is -0.607. The number of rotatable bonds is 13. The summed E-state index contributed by atoms with van der Waals surface area (Å²) in [5.74, 6) is -2.36. The number of benzene rings is 2. The normalized spacial score (nSPS) is 9.89. The van der Waals surface area contributed by atoms with E-state index >= 15 is 0 Å². The molecule has 8 heteroatoms. The summed E-state index contributed by atoms with van der Waals surface area (Å²) in [5.41, 5.74) is 3.97. The molecule has 0 saturated carbocycles. The van der Waals surface area contributed by atoms with Crippen molar-refractivity contribution in [3.05, 3.63) is 109 Å². The van der Waals surface area contributed by atoms with Crippen LogP contribution in [-0.2, 0) is 64.6 Å². The highest BCUT2D eigenvalue weighted by Crippen LogP contribution is 2.29. The van der Waals surface area contributed by atoms with E-state index in [-0.39, 0.29) is 26.4 Å². The summed E-state index contributed by atoms with van der Waals surface area (Å²) >= 11 is 0. The molecule has 0 fully saturated rings. The van der Waals surface area contributed by atoms with Crippen molar-refractivity contribution in [2.45, 2.75) is 26.4 Å². The van der Waals surface area contributed by atoms with E-state index < -0.39 is 23.9 Å². The van der Waals surface area contributed by atoms with Gasteiger partial charge in [-0.2, -0.15) is 0 Å². The van der Waals surface area contributed by atoms with Gasteiger partial charge in [0.1, 0.15) is 26.4 Å². The molecule has 0 saturated heterocycles. The summed E-state index contributed by atoms with van der Waals surface area (Å²) in [6.45, 7) is 13.3. The Hall–Kier alpha value is -4.72. The predicted molar refractivity (Wildman–Crippen MR) is 132 cm³/mol. The van der Waals surface area contributed by atoms with Gasteiger partial charge in [0.15, 0.2) is 0 Å². The molecule has 2 rings (SSSR count). The summed E-state index contributed by atoms with van der Waals surface area (Å²) in [6.07, 6.45) is 4.22. The number of carbonyl (C=O) groups is 4. The van der Waals surface area contributed by atoms with Crippen LogP contribution in [0.25, 0.3) is 11.1 Å². The van der Waals surface area contributed by atoms with E-state index in [0.717, 1.165) is 35.4 Å². The van der Waals surface area contributed by atoms with Crippen molar-refractivity contribution in [2.75, 3.05) is 0 Å². The Bertz CT molecular complexity index is 1190. The molecule has 0 radical (unpaired) electrons. The van der Waals surface area contributed by atoms with Crippen molar-refractivity contribution in [1.29, 1.82) is 0 Å². The van der Waals surface area contributed by atoms with Gasteiger partial charge in [0.2, 0.25) is 0 Å². The van der Waals surface area contributed by atoms with Crippen LogP contribution in [0.15, 0.2) is 87.0 Å². The van der Waals surface area contributed by atoms with Crippen LogP contribution in [0, 0.1) is 0 Å². The highest BCUT2D eigenvalue weighted by Gasteiger charge is 2.14. The first kappa shape index (κ1) is 27.5. The number of hydrogen-bond acceptors (Lipinski definition) is 8. The van der Waals surface area contributed by atoms with Gasteiger partial charge in [0.25, 0.3) is 0 Å². The number of carbonyl (C=O) groups excluding carboxylic acids is 4. The van der Waals surface area contributed by atoms with Crippen LogP contribution in [0.3, 0.4) is 0 Å². The second kappa shape index (κ2) is 13.9. The molecular weight excluding hydrogens is 464 g/mol. The van der Waals surface area contributed by atoms with Crippen molar-refractivity contribution < 1.29 is 38.1 Å². The summed E-state index contributed by atoms with van der Waals surface area (Å²) in [7, 11) is 0. The third kappa shape index (κ3) is 8.25. The second-order valence-electron chi connectivity index (χ2n) is 7.22. The lowest BCUT2D eigenvalue weighted by Gasteiger charge is -2.16. The molecule has 0 spiro atoms. The largest absolute Gasteiger partial charge is 0.458 e. The first-order valence-electron chi connectivity index (χ1n) is 10.7. The van der Waals surface area contributed by atoms with E-state index in [1.807, 2.05) is 0 Å². The van der Waals surface area contributed by atoms with Crippen LogP contribution >= 0.6 is 0 Å². The quantitative estimate of drug-likeness (QED) is 0.233. The lowest BCUT2D eigenvalue weighted by molar-refractivity contribution is -0.140. The van der Waals surface area contributed by atoms with Crippen molar-refractivity contribution in [3.63, 3.8) is 0 Å². The molecule has 2 aromatic rings. The van der Waals surface area contributed by atoms with E-state index in [2.05, 4.69) is 26.3 Å². The van der Waals surface area contributed by atoms with Crippen molar-refractivity contribution in [2.24, 2.45) is 0 Å². The van der Waals surface area contributed by atoms with Crippen LogP contribution < -0.4 is 0 Å². The standard InChI is InChI=1S/C28H26O8/c1-5-25(29)33-15-19-9-12-24(23(13-19)18-36-28(32)8-4)20-10-11-21(16-34-26(30)6-2)22(14-20)17-35-27(31)7-3/h5-14H,1-4,15-18H2. The summed E-state index contributed by atoms with van der Waals surface area (Å²) < 4.78 is 20.7. The van der Waals surface area contributed by atoms with Crippen LogP contribution in [0.1, 0.15) is 22.3 Å². The topological polar surface area (TPSA) is 105 Å². The lowest BCUT2D eigenvalue weighted by Crippen LogP contribution is -2.07. The number of ether oxygens (including phenoxy) is 4. The second-order valence-corrected chi connectivity index (χ2v) is 7.22. The molecule has 0 bridgehead atoms. The zero-order valence-corrected chi connectivity index (χ0v) is 19.7. The van der Waals surface area contributed by atoms with Crippen molar-refractivity contribution >= 4 is 23.9 Å². The van der Waals surface area contributed by atoms with Crippen LogP contribution in [0.2, 0.25) is 0 Å². The van der Waals surface area contributed by atoms with E-state index in [1.54, 1.807) is 36.4 Å². The van der Waals surface area contributed by atoms with Gasteiger partial charge in [0, 0.05) is 24.3 Å². The fraction of sp³-hybridized carbons (Fsp3) is 0.143. The van der Waals surface area contributed by atoms with Gasteiger partial charge in [-0.3, -0.25) is 0 Å². The molecule has 0 heterocycles.